The van der Waals surface area contributed by atoms with Crippen molar-refractivity contribution in [2.75, 3.05) is 5.32 Å². The smallest absolute Gasteiger partial charge is 0.222 e. The molecule has 4 aromatic rings. The summed E-state index contributed by atoms with van der Waals surface area (Å²) in [5.74, 6) is 0.860. The van der Waals surface area contributed by atoms with Crippen molar-refractivity contribution in [2.24, 2.45) is 0 Å². The Morgan fingerprint density at radius 2 is 1.88 bits per heavy atom. The molecule has 0 fully saturated rings. The zero-order valence-corrected chi connectivity index (χ0v) is 13.9. The molecule has 1 N–H and O–H groups in total. The SMILES string of the molecule is [3H]CC(=O)Nc1nc2ccccc2c2c1nc(C)n2Cc1ccccc1. The fraction of sp³-hybridized carbons (Fsp3) is 0.150. The first-order chi connectivity index (χ1) is 12.7. The number of carbonyl (C=O) groups excluding carboxylic acids is 1. The maximum atomic E-state index is 11.8. The van der Waals surface area contributed by atoms with Crippen LogP contribution >= 0.6 is 0 Å². The third-order valence-electron chi connectivity index (χ3n) is 4.22. The zero-order valence-electron chi connectivity index (χ0n) is 14.9. The van der Waals surface area contributed by atoms with Crippen LogP contribution in [0.25, 0.3) is 21.9 Å². The lowest BCUT2D eigenvalue weighted by Gasteiger charge is -2.10. The number of para-hydroxylation sites is 1. The lowest BCUT2D eigenvalue weighted by molar-refractivity contribution is -0.114. The molecule has 0 aliphatic rings. The van der Waals surface area contributed by atoms with Crippen LogP contribution in [0.15, 0.2) is 54.6 Å². The second kappa shape index (κ2) is 6.02. The lowest BCUT2D eigenvalue weighted by Crippen LogP contribution is -2.08. The Balaban J connectivity index is 1.97. The second-order valence-corrected chi connectivity index (χ2v) is 5.95. The van der Waals surface area contributed by atoms with E-state index in [0.717, 1.165) is 22.2 Å². The minimum atomic E-state index is -0.399. The molecule has 0 unspecified atom stereocenters. The van der Waals surface area contributed by atoms with E-state index in [-0.39, 0.29) is 6.90 Å². The summed E-state index contributed by atoms with van der Waals surface area (Å²) in [6.45, 7) is 2.29. The molecule has 0 atom stereocenters. The zero-order chi connectivity index (χ0) is 18.1. The molecule has 1 amide bonds. The Morgan fingerprint density at radius 3 is 2.68 bits per heavy atom. The number of nitrogens with one attached hydrogen (secondary N) is 1. The van der Waals surface area contributed by atoms with E-state index in [9.17, 15) is 4.79 Å². The number of anilines is 1. The summed E-state index contributed by atoms with van der Waals surface area (Å²) >= 11 is 0. The fourth-order valence-corrected chi connectivity index (χ4v) is 3.13. The number of hydrogen-bond donors (Lipinski definition) is 1. The lowest BCUT2D eigenvalue weighted by atomic mass is 10.1. The van der Waals surface area contributed by atoms with E-state index < -0.39 is 5.91 Å². The summed E-state index contributed by atoms with van der Waals surface area (Å²) in [6.07, 6.45) is 0. The number of carbonyl (C=O) groups is 1. The molecule has 0 saturated carbocycles. The van der Waals surface area contributed by atoms with Gasteiger partial charge < -0.3 is 9.88 Å². The van der Waals surface area contributed by atoms with Crippen molar-refractivity contribution in [3.8, 4) is 0 Å². The van der Waals surface area contributed by atoms with Gasteiger partial charge in [-0.15, -0.1) is 0 Å². The monoisotopic (exact) mass is 332 g/mol. The summed E-state index contributed by atoms with van der Waals surface area (Å²) in [6, 6.07) is 18.0. The van der Waals surface area contributed by atoms with Gasteiger partial charge in [-0.05, 0) is 18.6 Å². The molecular formula is C20H18N4O. The van der Waals surface area contributed by atoms with E-state index in [4.69, 9.17) is 1.37 Å². The van der Waals surface area contributed by atoms with Gasteiger partial charge >= 0.3 is 0 Å². The van der Waals surface area contributed by atoms with Crippen molar-refractivity contribution in [3.63, 3.8) is 0 Å². The molecule has 5 heteroatoms. The van der Waals surface area contributed by atoms with Crippen molar-refractivity contribution >= 4 is 33.7 Å². The molecule has 0 saturated heterocycles. The second-order valence-electron chi connectivity index (χ2n) is 5.95. The predicted octanol–water partition coefficient (Wildman–Crippen LogP) is 3.90. The number of aryl methyl sites for hydroxylation is 1. The standard InChI is InChI=1S/C20H18N4O/c1-13-21-18-19(24(13)12-15-8-4-3-5-9-15)16-10-6-7-11-17(16)23-20(18)22-14(2)25/h3-11H,12H2,1-2H3,(H,22,23,25)/i2T. The number of aromatic nitrogens is 3. The van der Waals surface area contributed by atoms with Gasteiger partial charge in [0.15, 0.2) is 5.82 Å². The van der Waals surface area contributed by atoms with Crippen molar-refractivity contribution in [3.05, 3.63) is 66.0 Å². The highest BCUT2D eigenvalue weighted by Crippen LogP contribution is 2.30. The van der Waals surface area contributed by atoms with Crippen LogP contribution in [0.1, 0.15) is 19.7 Å². The number of fused-ring (bicyclic) bond motifs is 3. The topological polar surface area (TPSA) is 59.8 Å². The van der Waals surface area contributed by atoms with Crippen molar-refractivity contribution in [2.45, 2.75) is 20.4 Å². The Kier molecular flexibility index (Phi) is 3.41. The van der Waals surface area contributed by atoms with Gasteiger partial charge in [0.1, 0.15) is 11.3 Å². The van der Waals surface area contributed by atoms with Crippen LogP contribution in [0, 0.1) is 6.92 Å². The molecule has 0 aliphatic heterocycles. The van der Waals surface area contributed by atoms with Crippen LogP contribution in [0.3, 0.4) is 0 Å². The molecule has 124 valence electrons. The van der Waals surface area contributed by atoms with Crippen molar-refractivity contribution < 1.29 is 6.17 Å². The highest BCUT2D eigenvalue weighted by Gasteiger charge is 2.17. The molecule has 2 heterocycles. The summed E-state index contributed by atoms with van der Waals surface area (Å²) in [5, 5.41) is 3.71. The van der Waals surface area contributed by atoms with Crippen molar-refractivity contribution in [1.82, 2.24) is 14.5 Å². The minimum Gasteiger partial charge on any atom is -0.323 e. The number of hydrogen-bond acceptors (Lipinski definition) is 3. The van der Waals surface area contributed by atoms with E-state index in [1.54, 1.807) is 0 Å². The number of nitrogens with zero attached hydrogens (tertiary/aromatic N) is 3. The first-order valence-corrected chi connectivity index (χ1v) is 8.06. The molecule has 5 nitrogen and oxygen atoms in total. The molecule has 25 heavy (non-hydrogen) atoms. The van der Waals surface area contributed by atoms with Crippen LogP contribution in [-0.4, -0.2) is 20.4 Å². The highest BCUT2D eigenvalue weighted by atomic mass is 16.1. The summed E-state index contributed by atoms with van der Waals surface area (Å²) in [5.41, 5.74) is 3.55. The van der Waals surface area contributed by atoms with Gasteiger partial charge in [-0.1, -0.05) is 48.5 Å². The molecule has 4 rings (SSSR count). The van der Waals surface area contributed by atoms with Gasteiger partial charge in [0.2, 0.25) is 5.91 Å². The maximum Gasteiger partial charge on any atom is 0.222 e. The number of pyridine rings is 1. The Labute approximate surface area is 146 Å². The van der Waals surface area contributed by atoms with Crippen LogP contribution < -0.4 is 5.32 Å². The predicted molar refractivity (Wildman–Crippen MR) is 99.6 cm³/mol. The quantitative estimate of drug-likeness (QED) is 0.619. The van der Waals surface area contributed by atoms with Gasteiger partial charge in [0.25, 0.3) is 0 Å². The molecule has 0 radical (unpaired) electrons. The molecule has 2 aromatic carbocycles. The summed E-state index contributed by atoms with van der Waals surface area (Å²) in [7, 11) is 0. The first-order valence-electron chi connectivity index (χ1n) is 8.76. The normalized spacial score (nSPS) is 11.6. The minimum absolute atomic E-state index is 0.348. The van der Waals surface area contributed by atoms with E-state index in [2.05, 4.69) is 32.0 Å². The summed E-state index contributed by atoms with van der Waals surface area (Å²) < 4.78 is 9.40. The van der Waals surface area contributed by atoms with Gasteiger partial charge in [0.05, 0.1) is 11.0 Å². The van der Waals surface area contributed by atoms with E-state index >= 15 is 0 Å². The highest BCUT2D eigenvalue weighted by molar-refractivity contribution is 6.09. The van der Waals surface area contributed by atoms with Gasteiger partial charge in [-0.3, -0.25) is 4.79 Å². The van der Waals surface area contributed by atoms with Gasteiger partial charge in [0, 0.05) is 20.2 Å². The summed E-state index contributed by atoms with van der Waals surface area (Å²) in [4.78, 5) is 21.0. The van der Waals surface area contributed by atoms with Crippen LogP contribution in [-0.2, 0) is 11.3 Å². The number of benzene rings is 2. The molecule has 0 bridgehead atoms. The van der Waals surface area contributed by atoms with E-state index in [1.807, 2.05) is 49.4 Å². The maximum absolute atomic E-state index is 11.8. The number of amides is 1. The molecule has 2 aromatic heterocycles. The third-order valence-corrected chi connectivity index (χ3v) is 4.22. The van der Waals surface area contributed by atoms with Crippen LogP contribution in [0.4, 0.5) is 5.82 Å². The largest absolute Gasteiger partial charge is 0.323 e. The average molecular weight is 332 g/mol. The van der Waals surface area contributed by atoms with Gasteiger partial charge in [-0.2, -0.15) is 0 Å². The molecular weight excluding hydrogens is 312 g/mol. The van der Waals surface area contributed by atoms with Crippen LogP contribution in [0.5, 0.6) is 0 Å². The van der Waals surface area contributed by atoms with E-state index in [0.29, 0.717) is 17.9 Å². The number of rotatable bonds is 3. The Morgan fingerprint density at radius 1 is 1.12 bits per heavy atom. The average Bonchev–Trinajstić information content (AvgIpc) is 2.99. The molecule has 0 aliphatic carbocycles. The van der Waals surface area contributed by atoms with Crippen molar-refractivity contribution in [1.29, 1.82) is 0 Å². The van der Waals surface area contributed by atoms with Gasteiger partial charge in [-0.25, -0.2) is 9.97 Å². The third kappa shape index (κ3) is 2.74. The number of imidazole rings is 1. The fourth-order valence-electron chi connectivity index (χ4n) is 3.13. The Hall–Kier alpha value is -3.21. The van der Waals surface area contributed by atoms with E-state index in [1.165, 1.54) is 5.56 Å². The Bertz CT molecular complexity index is 1110. The first kappa shape index (κ1) is 14.2. The van der Waals surface area contributed by atoms with Crippen LogP contribution in [0.2, 0.25) is 0 Å². The molecule has 0 spiro atoms.